The van der Waals surface area contributed by atoms with Crippen LogP contribution in [-0.4, -0.2) is 11.9 Å². The summed E-state index contributed by atoms with van der Waals surface area (Å²) in [6.07, 6.45) is 4.79. The van der Waals surface area contributed by atoms with Gasteiger partial charge in [-0.25, -0.2) is 0 Å². The molecule has 1 unspecified atom stereocenters. The molecule has 0 spiro atoms. The van der Waals surface area contributed by atoms with Gasteiger partial charge in [-0.1, -0.05) is 0 Å². The Morgan fingerprint density at radius 1 is 0.885 bits per heavy atom. The van der Waals surface area contributed by atoms with Gasteiger partial charge in [-0.2, -0.15) is 0 Å². The summed E-state index contributed by atoms with van der Waals surface area (Å²) in [5.41, 5.74) is 4.12. The minimum atomic E-state index is -4.30. The standard InChI is InChI=1S/C9H7.C8H6N.4CH3.2ClH.H2Si.Zr/c1-2-5-9-7-3-6-8(9)4-1;1-2-4-8-7(3-1)5-6-9-8;;;;;;;;/h1-7H;1-5,9H;4*1H3;2*1H;1H2;. The summed E-state index contributed by atoms with van der Waals surface area (Å²) in [5.74, 6) is 0. The summed E-state index contributed by atoms with van der Waals surface area (Å²) >= 11 is -4.30. The molecule has 0 bridgehead atoms. The Hall–Kier alpha value is -0.600. The maximum absolute atomic E-state index is 4.30. The number of fused-ring (bicyclic) bond motifs is 2. The zero-order valence-corrected chi connectivity index (χ0v) is 21.5. The Labute approximate surface area is 164 Å². The predicted octanol–water partition coefficient (Wildman–Crippen LogP) is 5.91. The molecule has 4 rings (SSSR count). The van der Waals surface area contributed by atoms with Crippen LogP contribution >= 0.6 is 24.8 Å². The van der Waals surface area contributed by atoms with E-state index < -0.39 is 14.4 Å². The second kappa shape index (κ2) is 5.26. The van der Waals surface area contributed by atoms with E-state index >= 15 is 0 Å². The monoisotopic (exact) mass is 483 g/mol. The average Bonchev–Trinajstić information content (AvgIpc) is 3.11. The van der Waals surface area contributed by atoms with Crippen LogP contribution in [0, 0.1) is 0 Å². The number of allylic oxidation sites excluding steroid dienone is 1. The van der Waals surface area contributed by atoms with Crippen LogP contribution in [-0.2, 0) is 14.4 Å². The van der Waals surface area contributed by atoms with Gasteiger partial charge in [0.2, 0.25) is 0 Å². The summed E-state index contributed by atoms with van der Waals surface area (Å²) in [5, 5.41) is 1.32. The van der Waals surface area contributed by atoms with Gasteiger partial charge in [-0.15, -0.1) is 24.8 Å². The van der Waals surface area contributed by atoms with Gasteiger partial charge in [0.25, 0.3) is 0 Å². The van der Waals surface area contributed by atoms with E-state index in [2.05, 4.69) is 97.1 Å². The molecule has 0 saturated carbocycles. The molecule has 0 saturated heterocycles. The second-order valence-electron chi connectivity index (χ2n) is 11.8. The number of hydrogen-bond acceptors (Lipinski definition) is 0. The third-order valence-corrected chi connectivity index (χ3v) is 28.1. The van der Waals surface area contributed by atoms with Crippen molar-refractivity contribution in [3.8, 4) is 0 Å². The fourth-order valence-corrected chi connectivity index (χ4v) is 20.1. The molecule has 5 heteroatoms. The summed E-state index contributed by atoms with van der Waals surface area (Å²) in [6.45, 7) is 2.30. The zero-order chi connectivity index (χ0) is 17.3. The molecule has 1 atom stereocenters. The topological polar surface area (TPSA) is 15.8 Å². The van der Waals surface area contributed by atoms with Gasteiger partial charge in [-0.3, -0.25) is 0 Å². The van der Waals surface area contributed by atoms with Crippen molar-refractivity contribution < 1.29 is 14.4 Å². The Morgan fingerprint density at radius 3 is 2.19 bits per heavy atom. The van der Waals surface area contributed by atoms with Crippen molar-refractivity contribution in [1.82, 2.24) is 4.98 Å². The SMILES string of the molecule is Cl.Cl.[CH3][Zr]([CH3])([CH3])([CH3])(=[SiH2])([c]1cc2ccccc2[nH]1)[CH]1C=Cc2ccccc21. The molecule has 1 aliphatic carbocycles. The fraction of sp³-hybridized carbons (Fsp3) is 0.238. The molecule has 2 aromatic carbocycles. The Morgan fingerprint density at radius 2 is 1.50 bits per heavy atom. The van der Waals surface area contributed by atoms with Gasteiger partial charge in [0.05, 0.1) is 0 Å². The van der Waals surface area contributed by atoms with E-state index in [9.17, 15) is 0 Å². The van der Waals surface area contributed by atoms with E-state index in [1.807, 2.05) is 0 Å². The van der Waals surface area contributed by atoms with Crippen LogP contribution in [0.5, 0.6) is 0 Å². The van der Waals surface area contributed by atoms with E-state index in [0.717, 1.165) is 0 Å². The molecular weight excluding hydrogens is 456 g/mol. The number of aromatic amines is 1. The molecule has 1 aliphatic rings. The van der Waals surface area contributed by atoms with Crippen LogP contribution in [0.25, 0.3) is 17.0 Å². The van der Waals surface area contributed by atoms with Crippen molar-refractivity contribution in [2.24, 2.45) is 0 Å². The van der Waals surface area contributed by atoms with Gasteiger partial charge >= 0.3 is 141 Å². The quantitative estimate of drug-likeness (QED) is 0.435. The number of halogens is 2. The molecule has 1 aromatic heterocycles. The first-order chi connectivity index (χ1) is 10.9. The number of nitrogens with one attached hydrogen (secondary N) is 1. The first-order valence-electron chi connectivity index (χ1n) is 8.87. The van der Waals surface area contributed by atoms with Gasteiger partial charge in [0, 0.05) is 0 Å². The third-order valence-electron chi connectivity index (χ3n) is 6.37. The van der Waals surface area contributed by atoms with Gasteiger partial charge in [0.15, 0.2) is 0 Å². The van der Waals surface area contributed by atoms with Crippen molar-refractivity contribution in [2.75, 3.05) is 0 Å². The maximum atomic E-state index is 3.82. The second-order valence-corrected chi connectivity index (χ2v) is 70.8. The molecule has 1 heterocycles. The van der Waals surface area contributed by atoms with Crippen LogP contribution in [0.2, 0.25) is 18.5 Å². The molecule has 0 radical (unpaired) electrons. The molecular formula is C21H29Cl2NSiZr. The fourth-order valence-electron chi connectivity index (χ4n) is 4.51. The van der Waals surface area contributed by atoms with Crippen LogP contribution in [0.4, 0.5) is 0 Å². The Balaban J connectivity index is 0.00000121. The van der Waals surface area contributed by atoms with E-state index in [1.165, 1.54) is 25.4 Å². The Kier molecular flexibility index (Phi) is 4.39. The molecule has 1 nitrogen and oxygen atoms in total. The average molecular weight is 486 g/mol. The summed E-state index contributed by atoms with van der Waals surface area (Å²) in [4.78, 5) is 3.82. The molecule has 140 valence electrons. The first-order valence-corrected chi connectivity index (χ1v) is 27.3. The summed E-state index contributed by atoms with van der Waals surface area (Å²) in [7, 11) is 0. The molecule has 1 N–H and O–H groups in total. The third kappa shape index (κ3) is 3.02. The van der Waals surface area contributed by atoms with E-state index in [0.29, 0.717) is 3.63 Å². The van der Waals surface area contributed by atoms with E-state index in [4.69, 9.17) is 0 Å². The van der Waals surface area contributed by atoms with Gasteiger partial charge in [-0.05, 0) is 0 Å². The van der Waals surface area contributed by atoms with Crippen LogP contribution in [0.15, 0.2) is 60.7 Å². The minimum absolute atomic E-state index is 0. The van der Waals surface area contributed by atoms with E-state index in [1.54, 1.807) is 0 Å². The molecule has 0 amide bonds. The van der Waals surface area contributed by atoms with Crippen LogP contribution in [0.1, 0.15) is 14.8 Å². The van der Waals surface area contributed by atoms with E-state index in [-0.39, 0.29) is 24.8 Å². The van der Waals surface area contributed by atoms with Gasteiger partial charge < -0.3 is 0 Å². The summed E-state index contributed by atoms with van der Waals surface area (Å²) < 4.78 is 12.3. The van der Waals surface area contributed by atoms with Crippen molar-refractivity contribution in [3.63, 3.8) is 0 Å². The van der Waals surface area contributed by atoms with Crippen molar-refractivity contribution in [2.45, 2.75) is 22.2 Å². The van der Waals surface area contributed by atoms with Crippen molar-refractivity contribution in [1.29, 1.82) is 0 Å². The Bertz CT molecular complexity index is 1110. The number of para-hydroxylation sites is 1. The van der Waals surface area contributed by atoms with Crippen LogP contribution in [0.3, 0.4) is 0 Å². The first kappa shape index (κ1) is 21.7. The number of aromatic nitrogens is 1. The predicted molar refractivity (Wildman–Crippen MR) is 123 cm³/mol. The van der Waals surface area contributed by atoms with Crippen molar-refractivity contribution in [3.05, 3.63) is 71.8 Å². The number of benzene rings is 2. The van der Waals surface area contributed by atoms with Crippen LogP contribution < -0.4 is 3.40 Å². The number of rotatable bonds is 2. The normalized spacial score (nSPS) is 20.0. The molecule has 26 heavy (non-hydrogen) atoms. The number of hydrogen-bond donors (Lipinski definition) is 1. The number of H-pyrrole nitrogens is 1. The molecule has 0 fully saturated rings. The molecule has 3 aromatic rings. The molecule has 0 aliphatic heterocycles. The van der Waals surface area contributed by atoms with Crippen molar-refractivity contribution >= 4 is 52.1 Å². The van der Waals surface area contributed by atoms with Gasteiger partial charge in [0.1, 0.15) is 0 Å². The summed E-state index contributed by atoms with van der Waals surface area (Å²) in [6, 6.07) is 20.0. The zero-order valence-electron chi connectivity index (χ0n) is 16.0.